The molecule has 1 aliphatic carbocycles. The van der Waals surface area contributed by atoms with E-state index in [1.165, 1.54) is 11.1 Å². The highest BCUT2D eigenvalue weighted by Crippen LogP contribution is 2.30. The van der Waals surface area contributed by atoms with Crippen molar-refractivity contribution in [2.45, 2.75) is 57.5 Å². The second kappa shape index (κ2) is 6.51. The lowest BCUT2D eigenvalue weighted by molar-refractivity contribution is -0.128. The highest BCUT2D eigenvalue weighted by atomic mass is 16.2. The molecule has 2 fully saturated rings. The van der Waals surface area contributed by atoms with E-state index in [1.807, 2.05) is 4.90 Å². The van der Waals surface area contributed by atoms with Crippen molar-refractivity contribution in [3.8, 4) is 0 Å². The van der Waals surface area contributed by atoms with Crippen molar-refractivity contribution < 1.29 is 9.59 Å². The molecule has 1 N–H and O–H groups in total. The molecule has 4 nitrogen and oxygen atoms in total. The second-order valence-corrected chi connectivity index (χ2v) is 6.42. The zero-order valence-electron chi connectivity index (χ0n) is 13.2. The first kappa shape index (κ1) is 15.1. The van der Waals surface area contributed by atoms with Gasteiger partial charge in [0.1, 0.15) is 0 Å². The molecule has 1 aromatic rings. The molecule has 4 heteroatoms. The van der Waals surface area contributed by atoms with E-state index in [0.717, 1.165) is 25.7 Å². The monoisotopic (exact) mass is 300 g/mol. The fourth-order valence-electron chi connectivity index (χ4n) is 3.07. The zero-order valence-corrected chi connectivity index (χ0v) is 13.2. The number of amides is 2. The predicted molar refractivity (Wildman–Crippen MR) is 85.4 cm³/mol. The predicted octanol–water partition coefficient (Wildman–Crippen LogP) is 2.06. The van der Waals surface area contributed by atoms with E-state index in [0.29, 0.717) is 25.4 Å². The Balaban J connectivity index is 1.43. The quantitative estimate of drug-likeness (QED) is 0.874. The topological polar surface area (TPSA) is 49.4 Å². The van der Waals surface area contributed by atoms with Gasteiger partial charge in [0.05, 0.1) is 6.04 Å². The van der Waals surface area contributed by atoms with Crippen molar-refractivity contribution in [3.63, 3.8) is 0 Å². The van der Waals surface area contributed by atoms with Crippen LogP contribution >= 0.6 is 0 Å². The molecule has 22 heavy (non-hydrogen) atoms. The highest BCUT2D eigenvalue weighted by Gasteiger charge is 2.39. The number of rotatable bonds is 6. The summed E-state index contributed by atoms with van der Waals surface area (Å²) in [5.41, 5.74) is 2.51. The Hall–Kier alpha value is -1.84. The number of likely N-dealkylation sites (tertiary alicyclic amines) is 1. The van der Waals surface area contributed by atoms with Crippen LogP contribution in [0.4, 0.5) is 0 Å². The van der Waals surface area contributed by atoms with Gasteiger partial charge in [-0.1, -0.05) is 31.2 Å². The lowest BCUT2D eigenvalue weighted by atomic mass is 10.1. The molecule has 1 heterocycles. The van der Waals surface area contributed by atoms with Gasteiger partial charge in [-0.15, -0.1) is 0 Å². The zero-order chi connectivity index (χ0) is 15.5. The van der Waals surface area contributed by atoms with E-state index in [4.69, 9.17) is 0 Å². The molecule has 2 amide bonds. The fourth-order valence-corrected chi connectivity index (χ4v) is 3.07. The van der Waals surface area contributed by atoms with Crippen molar-refractivity contribution in [2.24, 2.45) is 0 Å². The summed E-state index contributed by atoms with van der Waals surface area (Å²) in [6.07, 6.45) is 4.99. The Bertz CT molecular complexity index is 549. The highest BCUT2D eigenvalue weighted by molar-refractivity contribution is 5.82. The van der Waals surface area contributed by atoms with Crippen molar-refractivity contribution in [2.75, 3.05) is 6.54 Å². The van der Waals surface area contributed by atoms with Crippen LogP contribution in [-0.2, 0) is 22.4 Å². The molecule has 118 valence electrons. The Kier molecular flexibility index (Phi) is 4.46. The van der Waals surface area contributed by atoms with E-state index in [9.17, 15) is 9.59 Å². The summed E-state index contributed by atoms with van der Waals surface area (Å²) >= 11 is 0. The summed E-state index contributed by atoms with van der Waals surface area (Å²) in [6, 6.07) is 8.89. The van der Waals surface area contributed by atoms with Crippen LogP contribution in [0.2, 0.25) is 0 Å². The molecule has 3 rings (SSSR count). The van der Waals surface area contributed by atoms with Crippen LogP contribution in [0.25, 0.3) is 0 Å². The summed E-state index contributed by atoms with van der Waals surface area (Å²) in [7, 11) is 0. The molecular formula is C18H24N2O2. The van der Waals surface area contributed by atoms with E-state index in [1.54, 1.807) is 0 Å². The summed E-state index contributed by atoms with van der Waals surface area (Å²) in [5, 5.41) is 3.01. The van der Waals surface area contributed by atoms with Crippen molar-refractivity contribution in [3.05, 3.63) is 35.4 Å². The van der Waals surface area contributed by atoms with Crippen molar-refractivity contribution >= 4 is 11.8 Å². The van der Waals surface area contributed by atoms with E-state index in [-0.39, 0.29) is 17.9 Å². The number of nitrogens with zero attached hydrogens (tertiary/aromatic N) is 1. The van der Waals surface area contributed by atoms with E-state index < -0.39 is 0 Å². The first-order valence-electron chi connectivity index (χ1n) is 8.32. The molecular weight excluding hydrogens is 276 g/mol. The average Bonchev–Trinajstić information content (AvgIpc) is 3.30. The first-order chi connectivity index (χ1) is 10.7. The Morgan fingerprint density at radius 1 is 1.23 bits per heavy atom. The standard InChI is InChI=1S/C18H24N2O2/c1-2-13-3-5-14(6-4-13)7-10-17(21)19-15-11-18(22)20(12-15)16-8-9-16/h3-6,15-16H,2,7-12H2,1H3,(H,19,21). The largest absolute Gasteiger partial charge is 0.351 e. The van der Waals surface area contributed by atoms with Gasteiger partial charge in [0.25, 0.3) is 0 Å². The van der Waals surface area contributed by atoms with Crippen molar-refractivity contribution in [1.82, 2.24) is 10.2 Å². The lowest BCUT2D eigenvalue weighted by Gasteiger charge is -2.16. The number of aryl methyl sites for hydroxylation is 2. The SMILES string of the molecule is CCc1ccc(CCC(=O)NC2CC(=O)N(C3CC3)C2)cc1. The maximum atomic E-state index is 12.1. The van der Waals surface area contributed by atoms with Crippen LogP contribution in [0.5, 0.6) is 0 Å². The molecule has 1 aromatic carbocycles. The number of carbonyl (C=O) groups excluding carboxylic acids is 2. The van der Waals surface area contributed by atoms with Crippen LogP contribution in [0.1, 0.15) is 43.7 Å². The maximum Gasteiger partial charge on any atom is 0.225 e. The first-order valence-corrected chi connectivity index (χ1v) is 8.32. The number of hydrogen-bond acceptors (Lipinski definition) is 2. The normalized spacial score (nSPS) is 21.2. The summed E-state index contributed by atoms with van der Waals surface area (Å²) in [5.74, 6) is 0.248. The third-order valence-electron chi connectivity index (χ3n) is 4.58. The molecule has 1 saturated heterocycles. The van der Waals surface area contributed by atoms with E-state index >= 15 is 0 Å². The minimum absolute atomic E-state index is 0.00284. The van der Waals surface area contributed by atoms with Gasteiger partial charge in [-0.25, -0.2) is 0 Å². The van der Waals surface area contributed by atoms with Crippen LogP contribution < -0.4 is 5.32 Å². The maximum absolute atomic E-state index is 12.1. The van der Waals surface area contributed by atoms with Gasteiger partial charge in [0, 0.05) is 25.4 Å². The Labute approximate surface area is 131 Å². The molecule has 1 aliphatic heterocycles. The van der Waals surface area contributed by atoms with Crippen LogP contribution in [0.3, 0.4) is 0 Å². The molecule has 1 atom stereocenters. The molecule has 0 bridgehead atoms. The lowest BCUT2D eigenvalue weighted by Crippen LogP contribution is -2.37. The minimum Gasteiger partial charge on any atom is -0.351 e. The molecule has 0 spiro atoms. The van der Waals surface area contributed by atoms with Gasteiger partial charge >= 0.3 is 0 Å². The Morgan fingerprint density at radius 2 is 1.91 bits per heavy atom. The van der Waals surface area contributed by atoms with Crippen LogP contribution in [0, 0.1) is 0 Å². The molecule has 0 aromatic heterocycles. The van der Waals surface area contributed by atoms with Crippen molar-refractivity contribution in [1.29, 1.82) is 0 Å². The second-order valence-electron chi connectivity index (χ2n) is 6.42. The number of nitrogens with one attached hydrogen (secondary N) is 1. The van der Waals surface area contributed by atoms with Gasteiger partial charge < -0.3 is 10.2 Å². The van der Waals surface area contributed by atoms with Gasteiger partial charge in [-0.2, -0.15) is 0 Å². The number of benzene rings is 1. The summed E-state index contributed by atoms with van der Waals surface area (Å²) in [6.45, 7) is 2.83. The molecule has 1 unspecified atom stereocenters. The van der Waals surface area contributed by atoms with Gasteiger partial charge in [0.15, 0.2) is 0 Å². The van der Waals surface area contributed by atoms with Gasteiger partial charge in [0.2, 0.25) is 11.8 Å². The smallest absolute Gasteiger partial charge is 0.225 e. The summed E-state index contributed by atoms with van der Waals surface area (Å²) < 4.78 is 0. The number of carbonyl (C=O) groups is 2. The van der Waals surface area contributed by atoms with Crippen LogP contribution in [-0.4, -0.2) is 35.3 Å². The van der Waals surface area contributed by atoms with Crippen LogP contribution in [0.15, 0.2) is 24.3 Å². The Morgan fingerprint density at radius 3 is 2.55 bits per heavy atom. The molecule has 2 aliphatic rings. The fraction of sp³-hybridized carbons (Fsp3) is 0.556. The third-order valence-corrected chi connectivity index (χ3v) is 4.58. The van der Waals surface area contributed by atoms with Gasteiger partial charge in [-0.3, -0.25) is 9.59 Å². The molecule has 0 radical (unpaired) electrons. The summed E-state index contributed by atoms with van der Waals surface area (Å²) in [4.78, 5) is 25.9. The minimum atomic E-state index is 0.00284. The number of hydrogen-bond donors (Lipinski definition) is 1. The van der Waals surface area contributed by atoms with Gasteiger partial charge in [-0.05, 0) is 36.8 Å². The average molecular weight is 300 g/mol. The van der Waals surface area contributed by atoms with E-state index in [2.05, 4.69) is 36.5 Å². The third kappa shape index (κ3) is 3.67. The molecule has 1 saturated carbocycles.